The highest BCUT2D eigenvalue weighted by atomic mass is 16.6. The van der Waals surface area contributed by atoms with Gasteiger partial charge in [0.2, 0.25) is 5.54 Å². The second-order valence-corrected chi connectivity index (χ2v) is 4.39. The lowest BCUT2D eigenvalue weighted by molar-refractivity contribution is -0.151. The van der Waals surface area contributed by atoms with Crippen LogP contribution in [0.2, 0.25) is 0 Å². The molecule has 1 aliphatic carbocycles. The van der Waals surface area contributed by atoms with Crippen LogP contribution >= 0.6 is 0 Å². The molecule has 2 unspecified atom stereocenters. The highest BCUT2D eigenvalue weighted by Crippen LogP contribution is 2.50. The van der Waals surface area contributed by atoms with Gasteiger partial charge < -0.3 is 9.47 Å². The normalized spacial score (nSPS) is 29.6. The molecule has 2 fully saturated rings. The molecular weight excluding hydrogens is 238 g/mol. The number of Topliss-reactive ketones (excluding diaryl/α,β-unsaturated/α-hetero) is 1. The van der Waals surface area contributed by atoms with Crippen LogP contribution in [0.3, 0.4) is 0 Å². The Kier molecular flexibility index (Phi) is 3.28. The maximum absolute atomic E-state index is 12.0. The zero-order valence-electron chi connectivity index (χ0n) is 10.6. The van der Waals surface area contributed by atoms with Gasteiger partial charge in [-0.25, -0.2) is 9.59 Å². The van der Waals surface area contributed by atoms with Crippen LogP contribution in [0.1, 0.15) is 33.1 Å². The highest BCUT2D eigenvalue weighted by molar-refractivity contribution is 6.16. The van der Waals surface area contributed by atoms with Crippen molar-refractivity contribution in [2.75, 3.05) is 13.2 Å². The molecule has 1 aliphatic heterocycles. The molecule has 0 radical (unpaired) electrons. The van der Waals surface area contributed by atoms with Crippen molar-refractivity contribution in [3.05, 3.63) is 0 Å². The zero-order chi connectivity index (χ0) is 13.3. The summed E-state index contributed by atoms with van der Waals surface area (Å²) in [6.45, 7) is 3.77. The number of carbonyl (C=O) groups is 3. The van der Waals surface area contributed by atoms with Gasteiger partial charge in [0.05, 0.1) is 19.3 Å². The van der Waals surface area contributed by atoms with Gasteiger partial charge >= 0.3 is 12.1 Å². The summed E-state index contributed by atoms with van der Waals surface area (Å²) in [5.41, 5.74) is -1.39. The topological polar surface area (TPSA) is 72.7 Å². The quantitative estimate of drug-likeness (QED) is 0.425. The summed E-state index contributed by atoms with van der Waals surface area (Å²) < 4.78 is 9.83. The molecular formula is C12H17NO5. The maximum Gasteiger partial charge on any atom is 0.411 e. The molecule has 18 heavy (non-hydrogen) atoms. The lowest BCUT2D eigenvalue weighted by Crippen LogP contribution is -2.43. The number of nitrogens with zero attached hydrogens (tertiary/aromatic N) is 1. The van der Waals surface area contributed by atoms with Crippen LogP contribution in [0.25, 0.3) is 0 Å². The summed E-state index contributed by atoms with van der Waals surface area (Å²) in [6.07, 6.45) is 1.04. The Hall–Kier alpha value is -1.59. The van der Waals surface area contributed by atoms with Crippen LogP contribution in [0.5, 0.6) is 0 Å². The summed E-state index contributed by atoms with van der Waals surface area (Å²) in [4.78, 5) is 37.1. The van der Waals surface area contributed by atoms with Crippen molar-refractivity contribution in [2.45, 2.75) is 44.7 Å². The number of ketones is 1. The van der Waals surface area contributed by atoms with Crippen LogP contribution in [0.4, 0.5) is 4.79 Å². The molecule has 6 nitrogen and oxygen atoms in total. The van der Waals surface area contributed by atoms with Crippen LogP contribution in [0, 0.1) is 0 Å². The predicted molar refractivity (Wildman–Crippen MR) is 60.9 cm³/mol. The molecule has 1 saturated heterocycles. The average Bonchev–Trinajstić information content (AvgIpc) is 3.01. The first-order valence-electron chi connectivity index (χ1n) is 6.27. The van der Waals surface area contributed by atoms with Gasteiger partial charge in [0.25, 0.3) is 0 Å². The van der Waals surface area contributed by atoms with E-state index in [-0.39, 0.29) is 25.0 Å². The molecule has 2 atom stereocenters. The molecule has 0 spiro atoms. The van der Waals surface area contributed by atoms with Gasteiger partial charge in [-0.1, -0.05) is 0 Å². The summed E-state index contributed by atoms with van der Waals surface area (Å²) in [5.74, 6) is -0.849. The van der Waals surface area contributed by atoms with Crippen LogP contribution in [0.15, 0.2) is 0 Å². The lowest BCUT2D eigenvalue weighted by Gasteiger charge is -2.16. The molecule has 1 amide bonds. The van der Waals surface area contributed by atoms with E-state index in [9.17, 15) is 14.4 Å². The lowest BCUT2D eigenvalue weighted by atomic mass is 9.88. The zero-order valence-corrected chi connectivity index (χ0v) is 10.6. The average molecular weight is 255 g/mol. The van der Waals surface area contributed by atoms with E-state index in [1.807, 2.05) is 0 Å². The molecule has 6 heteroatoms. The maximum atomic E-state index is 12.0. The largest absolute Gasteiger partial charge is 0.464 e. The van der Waals surface area contributed by atoms with E-state index in [4.69, 9.17) is 9.47 Å². The minimum atomic E-state index is -1.39. The third-order valence-corrected chi connectivity index (χ3v) is 3.46. The summed E-state index contributed by atoms with van der Waals surface area (Å²) in [6, 6.07) is -0.378. The number of rotatable bonds is 3. The molecule has 100 valence electrons. The molecule has 2 aliphatic rings. The Balaban J connectivity index is 2.24. The highest BCUT2D eigenvalue weighted by Gasteiger charge is 2.77. The monoisotopic (exact) mass is 255 g/mol. The van der Waals surface area contributed by atoms with Gasteiger partial charge in [-0.15, -0.1) is 0 Å². The number of fused-ring (bicyclic) bond motifs is 1. The van der Waals surface area contributed by atoms with Crippen molar-refractivity contribution in [2.24, 2.45) is 0 Å². The minimum absolute atomic E-state index is 0.192. The van der Waals surface area contributed by atoms with E-state index in [0.29, 0.717) is 19.3 Å². The van der Waals surface area contributed by atoms with E-state index in [1.54, 1.807) is 13.8 Å². The molecule has 0 bridgehead atoms. The van der Waals surface area contributed by atoms with Gasteiger partial charge in [-0.3, -0.25) is 9.69 Å². The Bertz CT molecular complexity index is 394. The molecule has 0 aromatic rings. The Morgan fingerprint density at radius 2 is 2.00 bits per heavy atom. The van der Waals surface area contributed by atoms with Gasteiger partial charge in [0.1, 0.15) is 0 Å². The van der Waals surface area contributed by atoms with Crippen molar-refractivity contribution in [1.82, 2.24) is 4.90 Å². The van der Waals surface area contributed by atoms with E-state index < -0.39 is 17.6 Å². The molecule has 1 saturated carbocycles. The summed E-state index contributed by atoms with van der Waals surface area (Å²) in [5, 5.41) is 0. The van der Waals surface area contributed by atoms with Gasteiger partial charge in [0.15, 0.2) is 5.78 Å². The van der Waals surface area contributed by atoms with Crippen LogP contribution in [-0.4, -0.2) is 47.5 Å². The van der Waals surface area contributed by atoms with Gasteiger partial charge in [-0.2, -0.15) is 0 Å². The fraction of sp³-hybridized carbons (Fsp3) is 0.750. The SMILES string of the molecule is CCOC(=O)N1C2CCCC(=O)C21C(=O)OCC. The molecule has 0 N–H and O–H groups in total. The second kappa shape index (κ2) is 4.59. The fourth-order valence-corrected chi connectivity index (χ4v) is 2.71. The van der Waals surface area contributed by atoms with E-state index >= 15 is 0 Å². The number of likely N-dealkylation sites (tertiary alicyclic amines) is 1. The number of hydrogen-bond donors (Lipinski definition) is 0. The van der Waals surface area contributed by atoms with Crippen molar-refractivity contribution >= 4 is 17.8 Å². The number of amides is 1. The van der Waals surface area contributed by atoms with Crippen molar-refractivity contribution < 1.29 is 23.9 Å². The van der Waals surface area contributed by atoms with Gasteiger partial charge in [0, 0.05) is 6.42 Å². The van der Waals surface area contributed by atoms with E-state index in [1.165, 1.54) is 4.90 Å². The number of carbonyl (C=O) groups excluding carboxylic acids is 3. The Labute approximate surface area is 105 Å². The first-order valence-corrected chi connectivity index (χ1v) is 6.27. The smallest absolute Gasteiger partial charge is 0.411 e. The van der Waals surface area contributed by atoms with Crippen molar-refractivity contribution in [1.29, 1.82) is 0 Å². The molecule has 0 aromatic carbocycles. The van der Waals surface area contributed by atoms with Crippen molar-refractivity contribution in [3.8, 4) is 0 Å². The summed E-state index contributed by atoms with van der Waals surface area (Å²) in [7, 11) is 0. The molecule has 0 aromatic heterocycles. The van der Waals surface area contributed by atoms with E-state index in [2.05, 4.69) is 0 Å². The predicted octanol–water partition coefficient (Wildman–Crippen LogP) is 0.882. The first-order chi connectivity index (χ1) is 8.60. The number of esters is 1. The standard InChI is InChI=1S/C12H17NO5/c1-3-17-10(15)12-8(6-5-7-9(12)14)13(12)11(16)18-4-2/h8H,3-7H2,1-2H3. The molecule has 1 heterocycles. The third-order valence-electron chi connectivity index (χ3n) is 3.46. The second-order valence-electron chi connectivity index (χ2n) is 4.39. The first kappa shape index (κ1) is 12.9. The Morgan fingerprint density at radius 3 is 2.61 bits per heavy atom. The van der Waals surface area contributed by atoms with E-state index in [0.717, 1.165) is 0 Å². The van der Waals surface area contributed by atoms with Gasteiger partial charge in [-0.05, 0) is 26.7 Å². The van der Waals surface area contributed by atoms with Crippen LogP contribution in [-0.2, 0) is 19.1 Å². The number of hydrogen-bond acceptors (Lipinski definition) is 5. The molecule has 2 rings (SSSR count). The fourth-order valence-electron chi connectivity index (χ4n) is 2.71. The summed E-state index contributed by atoms with van der Waals surface area (Å²) >= 11 is 0. The minimum Gasteiger partial charge on any atom is -0.464 e. The van der Waals surface area contributed by atoms with Crippen molar-refractivity contribution in [3.63, 3.8) is 0 Å². The van der Waals surface area contributed by atoms with Crippen LogP contribution < -0.4 is 0 Å². The number of ether oxygens (including phenoxy) is 2. The third kappa shape index (κ3) is 1.59. The Morgan fingerprint density at radius 1 is 1.33 bits per heavy atom.